The van der Waals surface area contributed by atoms with Gasteiger partial charge in [0.15, 0.2) is 0 Å². The molecule has 3 heterocycles. The fourth-order valence-electron chi connectivity index (χ4n) is 3.49. The van der Waals surface area contributed by atoms with Gasteiger partial charge in [0.2, 0.25) is 5.28 Å². The smallest absolute Gasteiger partial charge is 0.310 e. The normalized spacial score (nSPS) is 17.3. The van der Waals surface area contributed by atoms with E-state index >= 15 is 0 Å². The highest BCUT2D eigenvalue weighted by Gasteiger charge is 2.29. The molecule has 7 heteroatoms. The SMILES string of the molecule is CCOC(=O)C1CCCN(c2nc(Cl)nc3sc(-c4ccccc4)cc23)C1. The first-order chi connectivity index (χ1) is 13.2. The quantitative estimate of drug-likeness (QED) is 0.464. The molecule has 0 saturated carbocycles. The van der Waals surface area contributed by atoms with Crippen LogP contribution in [-0.4, -0.2) is 35.6 Å². The van der Waals surface area contributed by atoms with Gasteiger partial charge < -0.3 is 9.64 Å². The van der Waals surface area contributed by atoms with Gasteiger partial charge in [-0.25, -0.2) is 4.98 Å². The van der Waals surface area contributed by atoms with Crippen molar-refractivity contribution in [3.63, 3.8) is 0 Å². The average molecular weight is 402 g/mol. The first-order valence-corrected chi connectivity index (χ1v) is 10.3. The van der Waals surface area contributed by atoms with Gasteiger partial charge in [0.05, 0.1) is 17.9 Å². The molecule has 1 fully saturated rings. The van der Waals surface area contributed by atoms with Crippen molar-refractivity contribution in [1.29, 1.82) is 0 Å². The summed E-state index contributed by atoms with van der Waals surface area (Å²) in [6.07, 6.45) is 1.76. The Morgan fingerprint density at radius 1 is 1.33 bits per heavy atom. The van der Waals surface area contributed by atoms with E-state index in [2.05, 4.69) is 33.1 Å². The summed E-state index contributed by atoms with van der Waals surface area (Å²) in [6, 6.07) is 12.3. The Balaban J connectivity index is 1.70. The van der Waals surface area contributed by atoms with E-state index in [0.29, 0.717) is 13.2 Å². The van der Waals surface area contributed by atoms with Gasteiger partial charge in [-0.3, -0.25) is 4.79 Å². The van der Waals surface area contributed by atoms with Crippen LogP contribution < -0.4 is 4.90 Å². The molecule has 0 amide bonds. The van der Waals surface area contributed by atoms with Crippen LogP contribution in [0.5, 0.6) is 0 Å². The third kappa shape index (κ3) is 3.77. The van der Waals surface area contributed by atoms with Gasteiger partial charge in [0.25, 0.3) is 0 Å². The van der Waals surface area contributed by atoms with Crippen LogP contribution in [0, 0.1) is 5.92 Å². The number of benzene rings is 1. The lowest BCUT2D eigenvalue weighted by Crippen LogP contribution is -2.40. The standard InChI is InChI=1S/C20H20ClN3O2S/c1-2-26-19(25)14-9-6-10-24(12-14)17-15-11-16(13-7-4-3-5-8-13)27-18(15)23-20(21)22-17/h3-5,7-8,11,14H,2,6,9-10,12H2,1H3. The van der Waals surface area contributed by atoms with Crippen LogP contribution in [0.2, 0.25) is 5.28 Å². The molecular formula is C20H20ClN3O2S. The number of esters is 1. The molecular weight excluding hydrogens is 382 g/mol. The lowest BCUT2D eigenvalue weighted by atomic mass is 9.98. The van der Waals surface area contributed by atoms with Crippen molar-refractivity contribution in [2.24, 2.45) is 5.92 Å². The summed E-state index contributed by atoms with van der Waals surface area (Å²) in [5, 5.41) is 1.21. The zero-order chi connectivity index (χ0) is 18.8. The Morgan fingerprint density at radius 3 is 2.93 bits per heavy atom. The van der Waals surface area contributed by atoms with E-state index in [0.717, 1.165) is 45.9 Å². The number of hydrogen-bond donors (Lipinski definition) is 0. The molecule has 3 aromatic rings. The molecule has 1 aliphatic rings. The maximum Gasteiger partial charge on any atom is 0.310 e. The Bertz CT molecular complexity index is 961. The second-order valence-corrected chi connectivity index (χ2v) is 7.92. The summed E-state index contributed by atoms with van der Waals surface area (Å²) in [7, 11) is 0. The molecule has 1 aromatic carbocycles. The monoisotopic (exact) mass is 401 g/mol. The van der Waals surface area contributed by atoms with E-state index in [1.807, 2.05) is 25.1 Å². The van der Waals surface area contributed by atoms with Crippen LogP contribution in [0.1, 0.15) is 19.8 Å². The number of piperidine rings is 1. The maximum absolute atomic E-state index is 12.2. The summed E-state index contributed by atoms with van der Waals surface area (Å²) in [5.41, 5.74) is 1.14. The molecule has 1 aliphatic heterocycles. The van der Waals surface area contributed by atoms with Crippen molar-refractivity contribution in [1.82, 2.24) is 9.97 Å². The van der Waals surface area contributed by atoms with Gasteiger partial charge >= 0.3 is 5.97 Å². The number of fused-ring (bicyclic) bond motifs is 1. The number of carbonyl (C=O) groups is 1. The third-order valence-corrected chi connectivity index (χ3v) is 5.99. The number of halogens is 1. The minimum absolute atomic E-state index is 0.130. The van der Waals surface area contributed by atoms with Crippen LogP contribution in [-0.2, 0) is 9.53 Å². The van der Waals surface area contributed by atoms with E-state index in [4.69, 9.17) is 16.3 Å². The largest absolute Gasteiger partial charge is 0.466 e. The lowest BCUT2D eigenvalue weighted by molar-refractivity contribution is -0.148. The first kappa shape index (κ1) is 18.2. The van der Waals surface area contributed by atoms with Crippen molar-refractivity contribution in [2.75, 3.05) is 24.6 Å². The van der Waals surface area contributed by atoms with Crippen LogP contribution in [0.15, 0.2) is 36.4 Å². The molecule has 1 unspecified atom stereocenters. The van der Waals surface area contributed by atoms with E-state index in [1.165, 1.54) is 0 Å². The molecule has 5 nitrogen and oxygen atoms in total. The number of hydrogen-bond acceptors (Lipinski definition) is 6. The van der Waals surface area contributed by atoms with Crippen molar-refractivity contribution >= 4 is 44.9 Å². The molecule has 2 aromatic heterocycles. The second kappa shape index (κ2) is 7.82. The number of nitrogens with zero attached hydrogens (tertiary/aromatic N) is 3. The molecule has 0 bridgehead atoms. The Labute approximate surface area is 167 Å². The maximum atomic E-state index is 12.2. The Hall–Kier alpha value is -2.18. The highest BCUT2D eigenvalue weighted by atomic mass is 35.5. The van der Waals surface area contributed by atoms with Crippen molar-refractivity contribution in [3.8, 4) is 10.4 Å². The van der Waals surface area contributed by atoms with Crippen LogP contribution in [0.3, 0.4) is 0 Å². The topological polar surface area (TPSA) is 55.3 Å². The van der Waals surface area contributed by atoms with Crippen LogP contribution in [0.4, 0.5) is 5.82 Å². The summed E-state index contributed by atoms with van der Waals surface area (Å²) >= 11 is 7.82. The zero-order valence-corrected chi connectivity index (χ0v) is 16.6. The molecule has 0 radical (unpaired) electrons. The second-order valence-electron chi connectivity index (χ2n) is 6.55. The van der Waals surface area contributed by atoms with Gasteiger partial charge in [-0.2, -0.15) is 4.98 Å². The van der Waals surface area contributed by atoms with Crippen molar-refractivity contribution < 1.29 is 9.53 Å². The highest BCUT2D eigenvalue weighted by Crippen LogP contribution is 2.38. The predicted molar refractivity (Wildman–Crippen MR) is 109 cm³/mol. The number of rotatable bonds is 4. The van der Waals surface area contributed by atoms with E-state index < -0.39 is 0 Å². The number of aromatic nitrogens is 2. The average Bonchev–Trinajstić information content (AvgIpc) is 3.12. The number of carbonyl (C=O) groups excluding carboxylic acids is 1. The molecule has 140 valence electrons. The number of anilines is 1. The molecule has 4 rings (SSSR count). The van der Waals surface area contributed by atoms with Gasteiger partial charge in [0.1, 0.15) is 10.6 Å². The molecule has 0 aliphatic carbocycles. The Kier molecular flexibility index (Phi) is 5.27. The first-order valence-electron chi connectivity index (χ1n) is 9.09. The Morgan fingerprint density at radius 2 is 2.15 bits per heavy atom. The minimum Gasteiger partial charge on any atom is -0.466 e. The summed E-state index contributed by atoms with van der Waals surface area (Å²) in [4.78, 5) is 25.2. The molecule has 0 N–H and O–H groups in total. The molecule has 27 heavy (non-hydrogen) atoms. The fraction of sp³-hybridized carbons (Fsp3) is 0.350. The third-order valence-electron chi connectivity index (χ3n) is 4.74. The molecule has 1 atom stereocenters. The van der Waals surface area contributed by atoms with Gasteiger partial charge in [-0.1, -0.05) is 30.3 Å². The summed E-state index contributed by atoms with van der Waals surface area (Å²) < 4.78 is 5.22. The van der Waals surface area contributed by atoms with Crippen molar-refractivity contribution in [3.05, 3.63) is 41.7 Å². The van der Waals surface area contributed by atoms with E-state index in [-0.39, 0.29) is 17.2 Å². The lowest BCUT2D eigenvalue weighted by Gasteiger charge is -2.32. The van der Waals surface area contributed by atoms with Gasteiger partial charge in [-0.05, 0) is 43.0 Å². The minimum atomic E-state index is -0.131. The number of thiophene rings is 1. The van der Waals surface area contributed by atoms with Gasteiger partial charge in [-0.15, -0.1) is 11.3 Å². The zero-order valence-electron chi connectivity index (χ0n) is 15.0. The van der Waals surface area contributed by atoms with Crippen LogP contribution in [0.25, 0.3) is 20.7 Å². The predicted octanol–water partition coefficient (Wildman–Crippen LogP) is 4.79. The molecule has 1 saturated heterocycles. The fourth-order valence-corrected chi connectivity index (χ4v) is 4.73. The summed E-state index contributed by atoms with van der Waals surface area (Å²) in [6.45, 7) is 3.68. The van der Waals surface area contributed by atoms with Gasteiger partial charge in [0, 0.05) is 18.0 Å². The summed E-state index contributed by atoms with van der Waals surface area (Å²) in [5.74, 6) is 0.543. The van der Waals surface area contributed by atoms with E-state index in [9.17, 15) is 4.79 Å². The number of ether oxygens (including phenoxy) is 1. The highest BCUT2D eigenvalue weighted by molar-refractivity contribution is 7.22. The molecule has 0 spiro atoms. The van der Waals surface area contributed by atoms with Crippen LogP contribution >= 0.6 is 22.9 Å². The van der Waals surface area contributed by atoms with E-state index in [1.54, 1.807) is 11.3 Å². The van der Waals surface area contributed by atoms with Crippen molar-refractivity contribution in [2.45, 2.75) is 19.8 Å².